The standard InChI is InChI=1S/C7H13NO2/c1-4-7(2)8-10-6-5-9-3/h1,7-8H,5-6H2,2-3H3. The van der Waals surface area contributed by atoms with Crippen LogP contribution in [-0.4, -0.2) is 26.4 Å². The summed E-state index contributed by atoms with van der Waals surface area (Å²) in [5.41, 5.74) is 2.65. The highest BCUT2D eigenvalue weighted by Gasteiger charge is 1.92. The van der Waals surface area contributed by atoms with Crippen LogP contribution in [-0.2, 0) is 9.57 Å². The highest BCUT2D eigenvalue weighted by atomic mass is 16.7. The Morgan fingerprint density at radius 2 is 2.30 bits per heavy atom. The molecule has 0 saturated carbocycles. The van der Waals surface area contributed by atoms with E-state index in [0.29, 0.717) is 13.2 Å². The molecule has 58 valence electrons. The monoisotopic (exact) mass is 143 g/mol. The van der Waals surface area contributed by atoms with Crippen LogP contribution in [0.5, 0.6) is 0 Å². The van der Waals surface area contributed by atoms with Crippen LogP contribution in [0.15, 0.2) is 0 Å². The van der Waals surface area contributed by atoms with Gasteiger partial charge in [0.15, 0.2) is 0 Å². The van der Waals surface area contributed by atoms with Gasteiger partial charge in [0.25, 0.3) is 0 Å². The van der Waals surface area contributed by atoms with Crippen molar-refractivity contribution in [2.45, 2.75) is 13.0 Å². The fourth-order valence-electron chi connectivity index (χ4n) is 0.343. The van der Waals surface area contributed by atoms with Crippen LogP contribution >= 0.6 is 0 Å². The molecule has 0 amide bonds. The Hall–Kier alpha value is -0.560. The molecule has 0 bridgehead atoms. The largest absolute Gasteiger partial charge is 0.382 e. The normalized spacial score (nSPS) is 12.5. The molecular weight excluding hydrogens is 130 g/mol. The topological polar surface area (TPSA) is 30.5 Å². The molecule has 0 aliphatic rings. The smallest absolute Gasteiger partial charge is 0.0916 e. The highest BCUT2D eigenvalue weighted by Crippen LogP contribution is 1.77. The van der Waals surface area contributed by atoms with Gasteiger partial charge < -0.3 is 4.74 Å². The third kappa shape index (κ3) is 5.57. The second-order valence-electron chi connectivity index (χ2n) is 1.85. The second kappa shape index (κ2) is 6.56. The molecule has 0 aliphatic heterocycles. The number of hydrogen-bond acceptors (Lipinski definition) is 3. The summed E-state index contributed by atoms with van der Waals surface area (Å²) in [6, 6.07) is -0.0446. The number of rotatable bonds is 5. The maximum Gasteiger partial charge on any atom is 0.0916 e. The van der Waals surface area contributed by atoms with Gasteiger partial charge in [-0.25, -0.2) is 0 Å². The quantitative estimate of drug-likeness (QED) is 0.338. The van der Waals surface area contributed by atoms with Crippen LogP contribution < -0.4 is 5.48 Å². The lowest BCUT2D eigenvalue weighted by Crippen LogP contribution is -2.26. The minimum absolute atomic E-state index is 0.0446. The Balaban J connectivity index is 2.98. The van der Waals surface area contributed by atoms with Crippen LogP contribution in [0.3, 0.4) is 0 Å². The molecule has 1 unspecified atom stereocenters. The summed E-state index contributed by atoms with van der Waals surface area (Å²) in [5.74, 6) is 2.46. The van der Waals surface area contributed by atoms with Gasteiger partial charge >= 0.3 is 0 Å². The van der Waals surface area contributed by atoms with Crippen molar-refractivity contribution in [1.29, 1.82) is 0 Å². The molecular formula is C7H13NO2. The van der Waals surface area contributed by atoms with Gasteiger partial charge in [-0.2, -0.15) is 5.48 Å². The molecule has 10 heavy (non-hydrogen) atoms. The molecule has 1 atom stereocenters. The zero-order valence-corrected chi connectivity index (χ0v) is 6.39. The highest BCUT2D eigenvalue weighted by molar-refractivity contribution is 4.93. The van der Waals surface area contributed by atoms with E-state index >= 15 is 0 Å². The molecule has 0 saturated heterocycles. The zero-order valence-electron chi connectivity index (χ0n) is 6.39. The van der Waals surface area contributed by atoms with E-state index in [1.807, 2.05) is 6.92 Å². The van der Waals surface area contributed by atoms with Crippen molar-refractivity contribution in [3.8, 4) is 12.3 Å². The molecule has 0 heterocycles. The first-order valence-corrected chi connectivity index (χ1v) is 3.13. The summed E-state index contributed by atoms with van der Waals surface area (Å²) in [7, 11) is 1.62. The summed E-state index contributed by atoms with van der Waals surface area (Å²) < 4.78 is 4.74. The van der Waals surface area contributed by atoms with Gasteiger partial charge in [0, 0.05) is 7.11 Å². The minimum Gasteiger partial charge on any atom is -0.382 e. The van der Waals surface area contributed by atoms with E-state index in [1.54, 1.807) is 7.11 Å². The number of hydroxylamine groups is 1. The second-order valence-corrected chi connectivity index (χ2v) is 1.85. The van der Waals surface area contributed by atoms with Crippen LogP contribution in [0.1, 0.15) is 6.92 Å². The van der Waals surface area contributed by atoms with Crippen molar-refractivity contribution in [2.24, 2.45) is 0 Å². The van der Waals surface area contributed by atoms with Crippen molar-refractivity contribution in [1.82, 2.24) is 5.48 Å². The third-order valence-electron chi connectivity index (χ3n) is 0.900. The lowest BCUT2D eigenvalue weighted by Gasteiger charge is -2.06. The fraction of sp³-hybridized carbons (Fsp3) is 0.714. The van der Waals surface area contributed by atoms with E-state index in [-0.39, 0.29) is 6.04 Å². The molecule has 1 N–H and O–H groups in total. The fourth-order valence-corrected chi connectivity index (χ4v) is 0.343. The molecule has 0 radical (unpaired) electrons. The van der Waals surface area contributed by atoms with E-state index < -0.39 is 0 Å². The maximum atomic E-state index is 5.06. The van der Waals surface area contributed by atoms with Gasteiger partial charge in [0.05, 0.1) is 19.3 Å². The van der Waals surface area contributed by atoms with Crippen molar-refractivity contribution in [3.63, 3.8) is 0 Å². The summed E-state index contributed by atoms with van der Waals surface area (Å²) >= 11 is 0. The van der Waals surface area contributed by atoms with Gasteiger partial charge in [0.2, 0.25) is 0 Å². The van der Waals surface area contributed by atoms with Gasteiger partial charge in [-0.05, 0) is 6.92 Å². The molecule has 0 aromatic carbocycles. The molecule has 0 spiro atoms. The van der Waals surface area contributed by atoms with E-state index in [2.05, 4.69) is 11.4 Å². The van der Waals surface area contributed by atoms with Crippen LogP contribution in [0.4, 0.5) is 0 Å². The zero-order chi connectivity index (χ0) is 7.82. The molecule has 0 fully saturated rings. The Bertz CT molecular complexity index is 109. The van der Waals surface area contributed by atoms with E-state index in [4.69, 9.17) is 16.0 Å². The summed E-state index contributed by atoms with van der Waals surface area (Å²) in [4.78, 5) is 4.91. The van der Waals surface area contributed by atoms with E-state index in [1.165, 1.54) is 0 Å². The van der Waals surface area contributed by atoms with Crippen LogP contribution in [0.2, 0.25) is 0 Å². The molecule has 0 aromatic rings. The molecule has 0 aliphatic carbocycles. The van der Waals surface area contributed by atoms with Crippen LogP contribution in [0, 0.1) is 12.3 Å². The van der Waals surface area contributed by atoms with Gasteiger partial charge in [-0.15, -0.1) is 6.42 Å². The lowest BCUT2D eigenvalue weighted by atomic mass is 10.4. The predicted octanol–water partition coefficient (Wildman–Crippen LogP) is 0.176. The Morgan fingerprint density at radius 3 is 2.80 bits per heavy atom. The average Bonchev–Trinajstić information content (AvgIpc) is 1.98. The molecule has 0 aromatic heterocycles. The van der Waals surface area contributed by atoms with Crippen molar-refractivity contribution in [3.05, 3.63) is 0 Å². The first-order chi connectivity index (χ1) is 4.81. The maximum absolute atomic E-state index is 5.06. The summed E-state index contributed by atoms with van der Waals surface area (Å²) in [6.45, 7) is 2.93. The average molecular weight is 143 g/mol. The molecule has 3 heteroatoms. The Kier molecular flexibility index (Phi) is 6.19. The van der Waals surface area contributed by atoms with Crippen molar-refractivity contribution in [2.75, 3.05) is 20.3 Å². The number of methoxy groups -OCH3 is 1. The van der Waals surface area contributed by atoms with Crippen molar-refractivity contribution < 1.29 is 9.57 Å². The van der Waals surface area contributed by atoms with Gasteiger partial charge in [-0.3, -0.25) is 4.84 Å². The Labute approximate surface area is 61.7 Å². The number of hydrogen-bond donors (Lipinski definition) is 1. The molecule has 0 rings (SSSR count). The number of ether oxygens (including phenoxy) is 1. The van der Waals surface area contributed by atoms with Gasteiger partial charge in [0.1, 0.15) is 0 Å². The molecule has 3 nitrogen and oxygen atoms in total. The van der Waals surface area contributed by atoms with E-state index in [0.717, 1.165) is 0 Å². The first kappa shape index (κ1) is 9.44. The lowest BCUT2D eigenvalue weighted by molar-refractivity contribution is -0.0000385. The summed E-state index contributed by atoms with van der Waals surface area (Å²) in [5, 5.41) is 0. The van der Waals surface area contributed by atoms with E-state index in [9.17, 15) is 0 Å². The van der Waals surface area contributed by atoms with Crippen LogP contribution in [0.25, 0.3) is 0 Å². The predicted molar refractivity (Wildman–Crippen MR) is 39.3 cm³/mol. The first-order valence-electron chi connectivity index (χ1n) is 3.13. The summed E-state index contributed by atoms with van der Waals surface area (Å²) in [6.07, 6.45) is 5.06. The Morgan fingerprint density at radius 1 is 1.60 bits per heavy atom. The van der Waals surface area contributed by atoms with Crippen molar-refractivity contribution >= 4 is 0 Å². The number of nitrogens with one attached hydrogen (secondary N) is 1. The third-order valence-corrected chi connectivity index (χ3v) is 0.900. The SMILES string of the molecule is C#CC(C)NOCCOC. The van der Waals surface area contributed by atoms with Gasteiger partial charge in [-0.1, -0.05) is 5.92 Å². The minimum atomic E-state index is -0.0446. The number of terminal acetylenes is 1.